The molecule has 0 unspecified atom stereocenters. The minimum Gasteiger partial charge on any atom is -0.493 e. The van der Waals surface area contributed by atoms with E-state index in [4.69, 9.17) is 16.3 Å². The second-order valence-corrected chi connectivity index (χ2v) is 9.48. The van der Waals surface area contributed by atoms with E-state index in [-0.39, 0.29) is 16.1 Å². The van der Waals surface area contributed by atoms with Crippen LogP contribution in [0.25, 0.3) is 0 Å². The third-order valence-electron chi connectivity index (χ3n) is 4.35. The topological polar surface area (TPSA) is 44.1 Å². The zero-order chi connectivity index (χ0) is 20.7. The molecule has 0 spiro atoms. The molecule has 6 heteroatoms. The Labute approximate surface area is 177 Å². The SMILES string of the molecule is CCCc1ccc(OCCCCSc2cnn(C(C)(C)C)c(=O)c2Cl)c(C)c1. The van der Waals surface area contributed by atoms with Crippen molar-refractivity contribution in [1.82, 2.24) is 9.78 Å². The first kappa shape index (κ1) is 22.8. The second kappa shape index (κ2) is 10.4. The summed E-state index contributed by atoms with van der Waals surface area (Å²) >= 11 is 7.83. The summed E-state index contributed by atoms with van der Waals surface area (Å²) in [5.41, 5.74) is 1.94. The zero-order valence-electron chi connectivity index (χ0n) is 17.5. The standard InChI is InChI=1S/C22H31ClN2O2S/c1-6-9-17-10-11-18(16(2)14-17)27-12-7-8-13-28-19-15-24-25(22(3,4)5)21(26)20(19)23/h10-11,14-15H,6-9,12-13H2,1-5H3. The number of unbranched alkanes of at least 4 members (excludes halogenated alkanes) is 1. The Morgan fingerprint density at radius 3 is 2.64 bits per heavy atom. The van der Waals surface area contributed by atoms with Crippen molar-refractivity contribution >= 4 is 23.4 Å². The fourth-order valence-corrected chi connectivity index (χ4v) is 4.08. The number of aryl methyl sites for hydroxylation is 2. The molecule has 2 aromatic rings. The highest BCUT2D eigenvalue weighted by atomic mass is 35.5. The minimum atomic E-state index is -0.381. The van der Waals surface area contributed by atoms with Crippen LogP contribution in [0.4, 0.5) is 0 Å². The Hall–Kier alpha value is -1.46. The number of rotatable bonds is 9. The first-order valence-electron chi connectivity index (χ1n) is 9.87. The van der Waals surface area contributed by atoms with Crippen LogP contribution in [-0.4, -0.2) is 22.1 Å². The third kappa shape index (κ3) is 6.28. The molecule has 154 valence electrons. The number of hydrogen-bond donors (Lipinski definition) is 0. The van der Waals surface area contributed by atoms with Crippen molar-refractivity contribution in [2.75, 3.05) is 12.4 Å². The molecule has 2 rings (SSSR count). The van der Waals surface area contributed by atoms with Crippen molar-refractivity contribution in [3.05, 3.63) is 50.9 Å². The van der Waals surface area contributed by atoms with Gasteiger partial charge in [0, 0.05) is 0 Å². The first-order valence-corrected chi connectivity index (χ1v) is 11.2. The molecule has 0 amide bonds. The summed E-state index contributed by atoms with van der Waals surface area (Å²) in [5, 5.41) is 4.53. The summed E-state index contributed by atoms with van der Waals surface area (Å²) < 4.78 is 7.35. The van der Waals surface area contributed by atoms with Gasteiger partial charge in [-0.25, -0.2) is 4.68 Å². The highest BCUT2D eigenvalue weighted by Crippen LogP contribution is 2.25. The van der Waals surface area contributed by atoms with Crippen LogP contribution in [0.2, 0.25) is 5.02 Å². The molecule has 0 fully saturated rings. The Bertz CT molecular complexity index is 843. The summed E-state index contributed by atoms with van der Waals surface area (Å²) in [4.78, 5) is 13.1. The van der Waals surface area contributed by atoms with Gasteiger partial charge in [0.2, 0.25) is 0 Å². The highest BCUT2D eigenvalue weighted by molar-refractivity contribution is 7.99. The van der Waals surface area contributed by atoms with Crippen LogP contribution < -0.4 is 10.3 Å². The van der Waals surface area contributed by atoms with E-state index in [1.54, 1.807) is 18.0 Å². The number of halogens is 1. The van der Waals surface area contributed by atoms with Crippen LogP contribution in [0.5, 0.6) is 5.75 Å². The maximum atomic E-state index is 12.4. The molecular weight excluding hydrogens is 392 g/mol. The van der Waals surface area contributed by atoms with Gasteiger partial charge in [0.15, 0.2) is 0 Å². The van der Waals surface area contributed by atoms with Crippen molar-refractivity contribution in [2.45, 2.75) is 70.7 Å². The molecule has 0 aliphatic heterocycles. The number of aromatic nitrogens is 2. The van der Waals surface area contributed by atoms with E-state index in [1.807, 2.05) is 20.8 Å². The normalized spacial score (nSPS) is 11.6. The van der Waals surface area contributed by atoms with Gasteiger partial charge in [-0.15, -0.1) is 11.8 Å². The van der Waals surface area contributed by atoms with Crippen LogP contribution in [0.15, 0.2) is 34.1 Å². The number of thioether (sulfide) groups is 1. The van der Waals surface area contributed by atoms with Crippen LogP contribution >= 0.6 is 23.4 Å². The monoisotopic (exact) mass is 422 g/mol. The number of benzene rings is 1. The lowest BCUT2D eigenvalue weighted by molar-refractivity contribution is 0.308. The molecule has 0 N–H and O–H groups in total. The van der Waals surface area contributed by atoms with E-state index in [0.29, 0.717) is 6.61 Å². The number of nitrogens with zero attached hydrogens (tertiary/aromatic N) is 2. The largest absolute Gasteiger partial charge is 0.493 e. The lowest BCUT2D eigenvalue weighted by atomic mass is 10.1. The van der Waals surface area contributed by atoms with E-state index >= 15 is 0 Å². The minimum absolute atomic E-state index is 0.232. The van der Waals surface area contributed by atoms with Crippen molar-refractivity contribution in [2.24, 2.45) is 0 Å². The van der Waals surface area contributed by atoms with Crippen LogP contribution in [-0.2, 0) is 12.0 Å². The average molecular weight is 423 g/mol. The fourth-order valence-electron chi connectivity index (χ4n) is 2.88. The Balaban J connectivity index is 1.78. The van der Waals surface area contributed by atoms with Crippen molar-refractivity contribution in [1.29, 1.82) is 0 Å². The second-order valence-electron chi connectivity index (χ2n) is 7.96. The molecule has 0 saturated carbocycles. The van der Waals surface area contributed by atoms with Gasteiger partial charge < -0.3 is 4.74 Å². The molecule has 28 heavy (non-hydrogen) atoms. The quantitative estimate of drug-likeness (QED) is 0.374. The van der Waals surface area contributed by atoms with E-state index in [2.05, 4.69) is 37.1 Å². The predicted molar refractivity (Wildman–Crippen MR) is 119 cm³/mol. The van der Waals surface area contributed by atoms with E-state index in [0.717, 1.165) is 42.1 Å². The molecule has 0 aliphatic carbocycles. The van der Waals surface area contributed by atoms with Gasteiger partial charge in [0.05, 0.1) is 23.2 Å². The predicted octanol–water partition coefficient (Wildman–Crippen LogP) is 5.86. The fraction of sp³-hybridized carbons (Fsp3) is 0.545. The van der Waals surface area contributed by atoms with Gasteiger partial charge in [-0.05, 0) is 69.9 Å². The van der Waals surface area contributed by atoms with Gasteiger partial charge in [-0.1, -0.05) is 37.1 Å². The number of hydrogen-bond acceptors (Lipinski definition) is 4. The molecule has 0 atom stereocenters. The summed E-state index contributed by atoms with van der Waals surface area (Å²) in [7, 11) is 0. The van der Waals surface area contributed by atoms with Crippen LogP contribution in [0, 0.1) is 6.92 Å². The smallest absolute Gasteiger partial charge is 0.287 e. The molecule has 0 saturated heterocycles. The number of ether oxygens (including phenoxy) is 1. The lowest BCUT2D eigenvalue weighted by Gasteiger charge is -2.21. The third-order valence-corrected chi connectivity index (χ3v) is 5.94. The van der Waals surface area contributed by atoms with Gasteiger partial charge in [-0.3, -0.25) is 4.79 Å². The van der Waals surface area contributed by atoms with Gasteiger partial charge in [-0.2, -0.15) is 5.10 Å². The van der Waals surface area contributed by atoms with E-state index < -0.39 is 0 Å². The Kier molecular flexibility index (Phi) is 8.44. The lowest BCUT2D eigenvalue weighted by Crippen LogP contribution is -2.36. The highest BCUT2D eigenvalue weighted by Gasteiger charge is 2.19. The van der Waals surface area contributed by atoms with Gasteiger partial charge >= 0.3 is 0 Å². The van der Waals surface area contributed by atoms with Gasteiger partial charge in [0.1, 0.15) is 10.8 Å². The molecule has 0 radical (unpaired) electrons. The summed E-state index contributed by atoms with van der Waals surface area (Å²) in [5.74, 6) is 1.84. The Morgan fingerprint density at radius 1 is 1.25 bits per heavy atom. The molecular formula is C22H31ClN2O2S. The molecule has 1 aromatic heterocycles. The molecule has 4 nitrogen and oxygen atoms in total. The van der Waals surface area contributed by atoms with E-state index in [9.17, 15) is 4.79 Å². The molecule has 1 aromatic carbocycles. The van der Waals surface area contributed by atoms with Crippen molar-refractivity contribution < 1.29 is 4.74 Å². The average Bonchev–Trinajstić information content (AvgIpc) is 2.62. The van der Waals surface area contributed by atoms with Crippen molar-refractivity contribution in [3.8, 4) is 5.75 Å². The molecule has 0 bridgehead atoms. The van der Waals surface area contributed by atoms with E-state index in [1.165, 1.54) is 15.8 Å². The van der Waals surface area contributed by atoms with Crippen LogP contribution in [0.3, 0.4) is 0 Å². The van der Waals surface area contributed by atoms with Crippen molar-refractivity contribution in [3.63, 3.8) is 0 Å². The van der Waals surface area contributed by atoms with Gasteiger partial charge in [0.25, 0.3) is 5.56 Å². The maximum Gasteiger partial charge on any atom is 0.287 e. The van der Waals surface area contributed by atoms with Crippen LogP contribution in [0.1, 0.15) is 58.1 Å². The first-order chi connectivity index (χ1) is 13.2. The molecule has 1 heterocycles. The maximum absolute atomic E-state index is 12.4. The Morgan fingerprint density at radius 2 is 2.00 bits per heavy atom. The zero-order valence-corrected chi connectivity index (χ0v) is 19.1. The summed E-state index contributed by atoms with van der Waals surface area (Å²) in [6.07, 6.45) is 5.89. The molecule has 0 aliphatic rings. The summed E-state index contributed by atoms with van der Waals surface area (Å²) in [6, 6.07) is 6.44. The summed E-state index contributed by atoms with van der Waals surface area (Å²) in [6.45, 7) is 10.8.